The van der Waals surface area contributed by atoms with Crippen molar-refractivity contribution in [2.75, 3.05) is 7.05 Å². The first-order chi connectivity index (χ1) is 19.0. The standard InChI is InChI=1S/C32H40N4O3/c1-21(22-10-4-3-5-11-22)35-31(38)29-17-16-25-13-7-6-12-23(32(39)36(25)29)19-30(37)28(33-2)18-24-20-34-27-15-9-8-14-26(24)27/h3-5,8-11,14-15,20-21,23,25,28-29,33-34H,6-7,12-13,16-19H2,1-2H3,(H,35,38)/t21-,23-,25+,28+,29+/m1/s1. The molecule has 5 rings (SSSR count). The number of ketones is 1. The molecule has 5 atom stereocenters. The third kappa shape index (κ3) is 5.93. The van der Waals surface area contributed by atoms with E-state index in [2.05, 4.69) is 21.7 Å². The highest BCUT2D eigenvalue weighted by molar-refractivity contribution is 5.93. The van der Waals surface area contributed by atoms with Gasteiger partial charge in [0.1, 0.15) is 6.04 Å². The number of aromatic nitrogens is 1. The Morgan fingerprint density at radius 2 is 1.74 bits per heavy atom. The van der Waals surface area contributed by atoms with Gasteiger partial charge < -0.3 is 20.5 Å². The fourth-order valence-corrected chi connectivity index (χ4v) is 6.47. The molecule has 0 aliphatic carbocycles. The molecule has 3 aromatic rings. The summed E-state index contributed by atoms with van der Waals surface area (Å²) in [5.41, 5.74) is 3.18. The summed E-state index contributed by atoms with van der Waals surface area (Å²) in [6.07, 6.45) is 7.79. The van der Waals surface area contributed by atoms with Gasteiger partial charge in [0.15, 0.2) is 5.78 Å². The van der Waals surface area contributed by atoms with Crippen LogP contribution in [0, 0.1) is 5.92 Å². The van der Waals surface area contributed by atoms with E-state index in [1.165, 1.54) is 0 Å². The molecule has 2 saturated heterocycles. The summed E-state index contributed by atoms with van der Waals surface area (Å²) in [6, 6.07) is 17.1. The molecule has 1 aromatic heterocycles. The monoisotopic (exact) mass is 528 g/mol. The number of aromatic amines is 1. The zero-order valence-electron chi connectivity index (χ0n) is 23.0. The van der Waals surface area contributed by atoms with Gasteiger partial charge in [-0.05, 0) is 63.3 Å². The third-order valence-electron chi connectivity index (χ3n) is 8.69. The maximum atomic E-state index is 14.0. The second-order valence-corrected chi connectivity index (χ2v) is 11.2. The number of nitrogens with zero attached hydrogens (tertiary/aromatic N) is 1. The smallest absolute Gasteiger partial charge is 0.243 e. The molecule has 2 aromatic carbocycles. The Morgan fingerprint density at radius 1 is 1.00 bits per heavy atom. The highest BCUT2D eigenvalue weighted by Gasteiger charge is 2.44. The summed E-state index contributed by atoms with van der Waals surface area (Å²) in [7, 11) is 1.81. The largest absolute Gasteiger partial charge is 0.361 e. The quantitative estimate of drug-likeness (QED) is 0.376. The first kappa shape index (κ1) is 27.1. The van der Waals surface area contributed by atoms with E-state index >= 15 is 0 Å². The van der Waals surface area contributed by atoms with Crippen molar-refractivity contribution in [3.63, 3.8) is 0 Å². The van der Waals surface area contributed by atoms with Crippen molar-refractivity contribution in [3.05, 3.63) is 71.9 Å². The number of likely N-dealkylation sites (N-methyl/N-ethyl adjacent to an activating group) is 1. The number of nitrogens with one attached hydrogen (secondary N) is 3. The highest BCUT2D eigenvalue weighted by Crippen LogP contribution is 2.34. The number of fused-ring (bicyclic) bond motifs is 2. The Hall–Kier alpha value is -3.45. The molecule has 0 saturated carbocycles. The zero-order chi connectivity index (χ0) is 27.4. The average molecular weight is 529 g/mol. The minimum Gasteiger partial charge on any atom is -0.361 e. The first-order valence-corrected chi connectivity index (χ1v) is 14.4. The number of H-pyrrole nitrogens is 1. The van der Waals surface area contributed by atoms with Gasteiger partial charge >= 0.3 is 0 Å². The molecule has 39 heavy (non-hydrogen) atoms. The second kappa shape index (κ2) is 12.2. The van der Waals surface area contributed by atoms with Gasteiger partial charge in [-0.3, -0.25) is 14.4 Å². The summed E-state index contributed by atoms with van der Waals surface area (Å²) in [5, 5.41) is 7.45. The van der Waals surface area contributed by atoms with Crippen LogP contribution in [-0.2, 0) is 20.8 Å². The van der Waals surface area contributed by atoms with Crippen molar-refractivity contribution in [1.82, 2.24) is 20.5 Å². The molecule has 7 nitrogen and oxygen atoms in total. The van der Waals surface area contributed by atoms with E-state index in [1.54, 1.807) is 0 Å². The van der Waals surface area contributed by atoms with E-state index in [0.29, 0.717) is 19.3 Å². The van der Waals surface area contributed by atoms with Crippen molar-refractivity contribution in [2.45, 2.75) is 82.5 Å². The van der Waals surface area contributed by atoms with Gasteiger partial charge in [-0.2, -0.15) is 0 Å². The van der Waals surface area contributed by atoms with Crippen LogP contribution in [-0.4, -0.2) is 52.7 Å². The van der Waals surface area contributed by atoms with Crippen LogP contribution < -0.4 is 10.6 Å². The van der Waals surface area contributed by atoms with E-state index in [1.807, 2.05) is 73.6 Å². The number of hydrogen-bond donors (Lipinski definition) is 3. The van der Waals surface area contributed by atoms with Crippen molar-refractivity contribution in [3.8, 4) is 0 Å². The molecule has 3 heterocycles. The van der Waals surface area contributed by atoms with Crippen LogP contribution in [0.25, 0.3) is 10.9 Å². The van der Waals surface area contributed by atoms with Crippen LogP contribution in [0.2, 0.25) is 0 Å². The lowest BCUT2D eigenvalue weighted by molar-refractivity contribution is -0.146. The first-order valence-electron chi connectivity index (χ1n) is 14.4. The van der Waals surface area contributed by atoms with Crippen molar-refractivity contribution in [2.24, 2.45) is 5.92 Å². The molecule has 2 aliphatic heterocycles. The fraction of sp³-hybridized carbons (Fsp3) is 0.469. The average Bonchev–Trinajstić information content (AvgIpc) is 3.56. The highest BCUT2D eigenvalue weighted by atomic mass is 16.2. The number of hydrogen-bond acceptors (Lipinski definition) is 4. The fourth-order valence-electron chi connectivity index (χ4n) is 6.47. The molecule has 3 N–H and O–H groups in total. The zero-order valence-corrected chi connectivity index (χ0v) is 23.0. The molecular formula is C32H40N4O3. The Labute approximate surface area is 230 Å². The number of benzene rings is 2. The minimum absolute atomic E-state index is 0.0278. The predicted octanol–water partition coefficient (Wildman–Crippen LogP) is 4.68. The molecule has 2 aliphatic rings. The molecule has 206 valence electrons. The van der Waals surface area contributed by atoms with Crippen molar-refractivity contribution < 1.29 is 14.4 Å². The van der Waals surface area contributed by atoms with Crippen LogP contribution in [0.4, 0.5) is 0 Å². The van der Waals surface area contributed by atoms with Gasteiger partial charge in [-0.15, -0.1) is 0 Å². The topological polar surface area (TPSA) is 94.3 Å². The maximum Gasteiger partial charge on any atom is 0.243 e. The number of amides is 2. The molecule has 0 bridgehead atoms. The van der Waals surface area contributed by atoms with E-state index in [-0.39, 0.29) is 48.1 Å². The van der Waals surface area contributed by atoms with Crippen molar-refractivity contribution in [1.29, 1.82) is 0 Å². The molecule has 0 spiro atoms. The van der Waals surface area contributed by atoms with Gasteiger partial charge in [0.05, 0.1) is 12.1 Å². The Kier molecular flexibility index (Phi) is 8.46. The number of carbonyl (C=O) groups excluding carboxylic acids is 3. The summed E-state index contributed by atoms with van der Waals surface area (Å²) < 4.78 is 0. The Bertz CT molecular complexity index is 1300. The molecule has 7 heteroatoms. The van der Waals surface area contributed by atoms with E-state index in [0.717, 1.165) is 47.7 Å². The summed E-state index contributed by atoms with van der Waals surface area (Å²) in [4.78, 5) is 46.0. The lowest BCUT2D eigenvalue weighted by Gasteiger charge is -2.35. The molecular weight excluding hydrogens is 488 g/mol. The lowest BCUT2D eigenvalue weighted by atomic mass is 9.88. The van der Waals surface area contributed by atoms with Crippen LogP contribution >= 0.6 is 0 Å². The molecule has 2 amide bonds. The van der Waals surface area contributed by atoms with Crippen LogP contribution in [0.3, 0.4) is 0 Å². The summed E-state index contributed by atoms with van der Waals surface area (Å²) in [5.74, 6) is -0.462. The third-order valence-corrected chi connectivity index (χ3v) is 8.69. The molecule has 2 fully saturated rings. The van der Waals surface area contributed by atoms with Crippen LogP contribution in [0.1, 0.15) is 69.0 Å². The van der Waals surface area contributed by atoms with Crippen LogP contribution in [0.5, 0.6) is 0 Å². The van der Waals surface area contributed by atoms with E-state index < -0.39 is 6.04 Å². The van der Waals surface area contributed by atoms with E-state index in [9.17, 15) is 14.4 Å². The van der Waals surface area contributed by atoms with Gasteiger partial charge in [-0.1, -0.05) is 61.4 Å². The van der Waals surface area contributed by atoms with Gasteiger partial charge in [0.2, 0.25) is 11.8 Å². The number of rotatable bonds is 9. The maximum absolute atomic E-state index is 14.0. The molecule has 0 radical (unpaired) electrons. The summed E-state index contributed by atoms with van der Waals surface area (Å²) in [6.45, 7) is 1.97. The normalized spacial score (nSPS) is 23.1. The SMILES string of the molecule is CN[C@@H](Cc1c[nH]c2ccccc12)C(=O)C[C@H]1CCCC[C@H]2CC[C@@H](C(=O)N[C@H](C)c3ccccc3)N2C1=O. The van der Waals surface area contributed by atoms with E-state index in [4.69, 9.17) is 0 Å². The number of Topliss-reactive ketones (excluding diaryl/α,β-unsaturated/α-hetero) is 1. The lowest BCUT2D eigenvalue weighted by Crippen LogP contribution is -2.52. The van der Waals surface area contributed by atoms with Gasteiger partial charge in [-0.25, -0.2) is 0 Å². The Balaban J connectivity index is 1.28. The minimum atomic E-state index is -0.476. The van der Waals surface area contributed by atoms with Crippen LogP contribution in [0.15, 0.2) is 60.8 Å². The predicted molar refractivity (Wildman–Crippen MR) is 153 cm³/mol. The van der Waals surface area contributed by atoms with Crippen molar-refractivity contribution >= 4 is 28.5 Å². The summed E-state index contributed by atoms with van der Waals surface area (Å²) >= 11 is 0. The van der Waals surface area contributed by atoms with Gasteiger partial charge in [0, 0.05) is 35.5 Å². The second-order valence-electron chi connectivity index (χ2n) is 11.2. The Morgan fingerprint density at radius 3 is 2.54 bits per heavy atom. The number of para-hydroxylation sites is 1. The molecule has 0 unspecified atom stereocenters. The number of carbonyl (C=O) groups is 3. The van der Waals surface area contributed by atoms with Gasteiger partial charge in [0.25, 0.3) is 0 Å².